The van der Waals surface area contributed by atoms with E-state index in [-0.39, 0.29) is 0 Å². The number of pyridine rings is 1. The minimum atomic E-state index is 0.538. The maximum absolute atomic E-state index is 4.13. The molecule has 1 saturated carbocycles. The van der Waals surface area contributed by atoms with Crippen LogP contribution in [0, 0.1) is 11.8 Å². The predicted molar refractivity (Wildman–Crippen MR) is 89.9 cm³/mol. The van der Waals surface area contributed by atoms with E-state index in [9.17, 15) is 0 Å². The molecule has 1 nitrogen and oxygen atoms in total. The van der Waals surface area contributed by atoms with Crippen molar-refractivity contribution in [3.8, 4) is 0 Å². The van der Waals surface area contributed by atoms with Gasteiger partial charge in [0.1, 0.15) is 0 Å². The maximum atomic E-state index is 4.13. The van der Waals surface area contributed by atoms with E-state index in [0.29, 0.717) is 10.7 Å². The number of fused-ring (bicyclic) bond motifs is 3. The summed E-state index contributed by atoms with van der Waals surface area (Å²) in [7, 11) is 0. The smallest absolute Gasteiger partial charge is 0.0270 e. The van der Waals surface area contributed by atoms with Gasteiger partial charge in [0, 0.05) is 17.2 Å². The number of nitrogens with zero attached hydrogens (tertiary/aromatic N) is 1. The molecule has 0 aliphatic heterocycles. The fourth-order valence-corrected chi connectivity index (χ4v) is 5.26. The molecule has 1 heterocycles. The maximum Gasteiger partial charge on any atom is 0.0270 e. The van der Waals surface area contributed by atoms with Crippen LogP contribution in [0.15, 0.2) is 48.8 Å². The molecule has 1 fully saturated rings. The Balaban J connectivity index is 1.57. The number of hydrogen-bond donors (Lipinski definition) is 0. The molecule has 0 N–H and O–H groups in total. The monoisotopic (exact) mass is 341 g/mol. The molecule has 0 radical (unpaired) electrons. The second-order valence-corrected chi connectivity index (χ2v) is 7.58. The van der Waals surface area contributed by atoms with Gasteiger partial charge in [-0.05, 0) is 65.3 Å². The van der Waals surface area contributed by atoms with E-state index in [1.807, 2.05) is 12.4 Å². The Hall–Kier alpha value is -1.15. The molecule has 2 aliphatic rings. The van der Waals surface area contributed by atoms with E-state index in [2.05, 4.69) is 64.2 Å². The van der Waals surface area contributed by atoms with E-state index in [0.717, 1.165) is 17.8 Å². The van der Waals surface area contributed by atoms with Gasteiger partial charge in [-0.25, -0.2) is 0 Å². The zero-order valence-electron chi connectivity index (χ0n) is 12.2. The van der Waals surface area contributed by atoms with Crippen molar-refractivity contribution in [2.75, 3.05) is 0 Å². The quantitative estimate of drug-likeness (QED) is 0.721. The van der Waals surface area contributed by atoms with Gasteiger partial charge in [0.2, 0.25) is 0 Å². The molecular weight excluding hydrogens is 322 g/mol. The summed E-state index contributed by atoms with van der Waals surface area (Å²) < 4.78 is 0. The first-order valence-electron chi connectivity index (χ1n) is 7.89. The second kappa shape index (κ2) is 5.24. The van der Waals surface area contributed by atoms with Gasteiger partial charge in [-0.15, -0.1) is 0 Å². The van der Waals surface area contributed by atoms with Gasteiger partial charge in [0.15, 0.2) is 0 Å². The lowest BCUT2D eigenvalue weighted by Crippen LogP contribution is -2.13. The molecule has 4 rings (SSSR count). The van der Waals surface area contributed by atoms with Gasteiger partial charge in [-0.3, -0.25) is 4.98 Å². The lowest BCUT2D eigenvalue weighted by atomic mass is 9.92. The highest BCUT2D eigenvalue weighted by Crippen LogP contribution is 2.64. The first kappa shape index (κ1) is 13.5. The van der Waals surface area contributed by atoms with Crippen LogP contribution in [0.1, 0.15) is 41.9 Å². The van der Waals surface area contributed by atoms with Crippen molar-refractivity contribution >= 4 is 15.9 Å². The molecule has 2 heteroatoms. The summed E-state index contributed by atoms with van der Waals surface area (Å²) in [6.45, 7) is 2.34. The minimum Gasteiger partial charge on any atom is -0.265 e. The van der Waals surface area contributed by atoms with Crippen molar-refractivity contribution in [2.24, 2.45) is 11.8 Å². The average molecular weight is 342 g/mol. The number of benzene rings is 1. The molecule has 21 heavy (non-hydrogen) atoms. The predicted octanol–water partition coefficient (Wildman–Crippen LogP) is 4.92. The Kier molecular flexibility index (Phi) is 3.37. The molecule has 1 aromatic carbocycles. The number of hydrogen-bond acceptors (Lipinski definition) is 1. The van der Waals surface area contributed by atoms with E-state index < -0.39 is 0 Å². The van der Waals surface area contributed by atoms with Gasteiger partial charge in [0.05, 0.1) is 0 Å². The van der Waals surface area contributed by atoms with E-state index in [4.69, 9.17) is 0 Å². The summed E-state index contributed by atoms with van der Waals surface area (Å²) in [6.07, 6.45) is 6.43. The minimum absolute atomic E-state index is 0.538. The largest absolute Gasteiger partial charge is 0.265 e. The molecule has 0 bridgehead atoms. The normalized spacial score (nSPS) is 29.1. The topological polar surface area (TPSA) is 12.9 Å². The summed E-state index contributed by atoms with van der Waals surface area (Å²) in [4.78, 5) is 4.69. The van der Waals surface area contributed by atoms with Crippen LogP contribution in [0.3, 0.4) is 0 Å². The fourth-order valence-electron chi connectivity index (χ4n) is 4.24. The summed E-state index contributed by atoms with van der Waals surface area (Å²) in [5.74, 6) is 2.99. The number of aryl methyl sites for hydroxylation is 1. The van der Waals surface area contributed by atoms with E-state index in [1.165, 1.54) is 18.4 Å². The first-order chi connectivity index (χ1) is 10.3. The van der Waals surface area contributed by atoms with Crippen LogP contribution in [0.2, 0.25) is 0 Å². The Morgan fingerprint density at radius 3 is 2.71 bits per heavy atom. The first-order valence-corrected chi connectivity index (χ1v) is 8.80. The second-order valence-electron chi connectivity index (χ2n) is 6.52. The average Bonchev–Trinajstić information content (AvgIpc) is 3.29. The molecule has 5 unspecified atom stereocenters. The third-order valence-electron chi connectivity index (χ3n) is 5.47. The van der Waals surface area contributed by atoms with Gasteiger partial charge >= 0.3 is 0 Å². The van der Waals surface area contributed by atoms with Crippen molar-refractivity contribution in [3.63, 3.8) is 0 Å². The summed E-state index contributed by atoms with van der Waals surface area (Å²) in [5, 5.41) is 0. The van der Waals surface area contributed by atoms with E-state index in [1.54, 1.807) is 11.1 Å². The van der Waals surface area contributed by atoms with Crippen LogP contribution in [0.25, 0.3) is 0 Å². The molecule has 0 spiro atoms. The number of aromatic nitrogens is 1. The highest BCUT2D eigenvalue weighted by Gasteiger charge is 2.56. The molecule has 1 aromatic heterocycles. The molecule has 0 amide bonds. The van der Waals surface area contributed by atoms with Gasteiger partial charge in [-0.1, -0.05) is 47.1 Å². The SMILES string of the molecule is CC(c1ccncc1)C(Br)C1C2CCc3ccccc3C21. The van der Waals surface area contributed by atoms with Crippen LogP contribution in [-0.4, -0.2) is 9.81 Å². The highest BCUT2D eigenvalue weighted by atomic mass is 79.9. The summed E-state index contributed by atoms with van der Waals surface area (Å²) in [6, 6.07) is 13.4. The third-order valence-corrected chi connectivity index (χ3v) is 6.87. The Labute approximate surface area is 134 Å². The van der Waals surface area contributed by atoms with Crippen LogP contribution in [0.4, 0.5) is 0 Å². The highest BCUT2D eigenvalue weighted by molar-refractivity contribution is 9.09. The van der Waals surface area contributed by atoms with Crippen molar-refractivity contribution in [2.45, 2.75) is 36.4 Å². The molecule has 108 valence electrons. The standard InChI is InChI=1S/C19H20BrN/c1-12(13-8-10-21-11-9-13)19(20)18-16-7-6-14-4-2-3-5-15(14)17(16)18/h2-5,8-12,16-19H,6-7H2,1H3. The van der Waals surface area contributed by atoms with Crippen molar-refractivity contribution in [3.05, 3.63) is 65.5 Å². The molecule has 0 saturated heterocycles. The van der Waals surface area contributed by atoms with Crippen LogP contribution in [-0.2, 0) is 6.42 Å². The van der Waals surface area contributed by atoms with E-state index >= 15 is 0 Å². The van der Waals surface area contributed by atoms with Crippen molar-refractivity contribution in [1.29, 1.82) is 0 Å². The molecule has 2 aromatic rings. The number of alkyl halides is 1. The Bertz CT molecular complexity index is 639. The van der Waals surface area contributed by atoms with Crippen LogP contribution >= 0.6 is 15.9 Å². The number of halogens is 1. The zero-order valence-corrected chi connectivity index (χ0v) is 13.8. The lowest BCUT2D eigenvalue weighted by molar-refractivity contribution is 0.578. The van der Waals surface area contributed by atoms with Crippen LogP contribution < -0.4 is 0 Å². The zero-order chi connectivity index (χ0) is 14.4. The Morgan fingerprint density at radius 2 is 1.90 bits per heavy atom. The lowest BCUT2D eigenvalue weighted by Gasteiger charge is -2.19. The Morgan fingerprint density at radius 1 is 1.14 bits per heavy atom. The van der Waals surface area contributed by atoms with Crippen molar-refractivity contribution < 1.29 is 0 Å². The van der Waals surface area contributed by atoms with Gasteiger partial charge in [0.25, 0.3) is 0 Å². The third kappa shape index (κ3) is 2.24. The summed E-state index contributed by atoms with van der Waals surface area (Å²) in [5.41, 5.74) is 4.59. The number of rotatable bonds is 3. The molecule has 2 aliphatic carbocycles. The molecular formula is C19H20BrN. The fraction of sp³-hybridized carbons (Fsp3) is 0.421. The van der Waals surface area contributed by atoms with Crippen molar-refractivity contribution in [1.82, 2.24) is 4.98 Å². The van der Waals surface area contributed by atoms with Gasteiger partial charge < -0.3 is 0 Å². The van der Waals surface area contributed by atoms with Gasteiger partial charge in [-0.2, -0.15) is 0 Å². The van der Waals surface area contributed by atoms with Crippen LogP contribution in [0.5, 0.6) is 0 Å². The molecule has 5 atom stereocenters. The summed E-state index contributed by atoms with van der Waals surface area (Å²) >= 11 is 4.03.